The molecule has 1 heterocycles. The molecule has 1 unspecified atom stereocenters. The predicted octanol–water partition coefficient (Wildman–Crippen LogP) is 5.72. The van der Waals surface area contributed by atoms with Crippen LogP contribution in [0.25, 0.3) is 0 Å². The second-order valence-electron chi connectivity index (χ2n) is 25.6. The van der Waals surface area contributed by atoms with E-state index in [4.69, 9.17) is 23.5 Å². The smallest absolute Gasteiger partial charge is 0.460 e. The van der Waals surface area contributed by atoms with Gasteiger partial charge in [0.25, 0.3) is 0 Å². The zero-order valence-corrected chi connectivity index (χ0v) is 50.1. The van der Waals surface area contributed by atoms with E-state index < -0.39 is 149 Å². The summed E-state index contributed by atoms with van der Waals surface area (Å²) in [5.41, 5.74) is -3.64. The van der Waals surface area contributed by atoms with Gasteiger partial charge in [0.1, 0.15) is 47.0 Å². The summed E-state index contributed by atoms with van der Waals surface area (Å²) >= 11 is 0. The van der Waals surface area contributed by atoms with Crippen LogP contribution in [0.2, 0.25) is 0 Å². The number of nitrogens with one attached hydrogen (secondary N) is 6. The first-order valence-corrected chi connectivity index (χ1v) is 27.0. The number of benzene rings is 1. The van der Waals surface area contributed by atoms with Crippen LogP contribution in [-0.4, -0.2) is 125 Å². The maximum atomic E-state index is 14.8. The highest BCUT2D eigenvalue weighted by atomic mass is 16.7. The average Bonchev–Trinajstić information content (AvgIpc) is 3.48. The average molecular weight is 1100 g/mol. The Kier molecular flexibility index (Phi) is 24.8. The quantitative estimate of drug-likeness (QED) is 0.0280. The third-order valence-corrected chi connectivity index (χ3v) is 12.5. The van der Waals surface area contributed by atoms with Crippen LogP contribution in [0.15, 0.2) is 36.9 Å². The number of hydrogen-bond donors (Lipinski definition) is 6. The lowest BCUT2D eigenvalue weighted by Gasteiger charge is -2.34. The third kappa shape index (κ3) is 24.0. The number of hydrogen-bond acceptors (Lipinski definition) is 14. The molecular formula is C57H93BN6O14. The fourth-order valence-corrected chi connectivity index (χ4v) is 8.00. The van der Waals surface area contributed by atoms with Crippen LogP contribution >= 0.6 is 0 Å². The van der Waals surface area contributed by atoms with Crippen molar-refractivity contribution < 1.29 is 66.7 Å². The fraction of sp³-hybridized carbons (Fsp3) is 0.702. The van der Waals surface area contributed by atoms with Gasteiger partial charge in [0, 0.05) is 19.3 Å². The van der Waals surface area contributed by atoms with Crippen LogP contribution in [0.3, 0.4) is 0 Å². The number of carbonyl (C=O) groups excluding carboxylic acids is 9. The largest absolute Gasteiger partial charge is 0.482 e. The Morgan fingerprint density at radius 2 is 1.05 bits per heavy atom. The number of rotatable bonds is 26. The van der Waals surface area contributed by atoms with Crippen LogP contribution in [0, 0.1) is 18.3 Å². The van der Waals surface area contributed by atoms with Gasteiger partial charge in [0.05, 0.1) is 30.0 Å². The van der Waals surface area contributed by atoms with Gasteiger partial charge >= 0.3 is 25.0 Å². The minimum Gasteiger partial charge on any atom is -0.460 e. The molecule has 6 N–H and O–H groups in total. The molecule has 0 spiro atoms. The summed E-state index contributed by atoms with van der Waals surface area (Å²) in [6, 6.07) is 0.143. The SMILES string of the molecule is C=CCC(NC(=O)[C@H](CC(C)C)NC(=O)[C@@H](NC(=O)[C@H](Cc1ccccc1C)NC(=O)[C@H](CCC(=O)OC(C)(C)C)NC(=O)[C@H](CC(=O)OC(C)(C)C)NC(=O)CCC(=O)OC(C)(C)C)C(C)(C)C)B1OC(C)(C)C(C)(C)O1. The first-order valence-electron chi connectivity index (χ1n) is 27.0. The Morgan fingerprint density at radius 1 is 0.590 bits per heavy atom. The normalized spacial score (nSPS) is 16.7. The van der Waals surface area contributed by atoms with Crippen molar-refractivity contribution in [3.63, 3.8) is 0 Å². The zero-order valence-electron chi connectivity index (χ0n) is 50.1. The molecule has 1 fully saturated rings. The maximum absolute atomic E-state index is 14.8. The van der Waals surface area contributed by atoms with Crippen molar-refractivity contribution in [2.75, 3.05) is 0 Å². The van der Waals surface area contributed by atoms with Gasteiger partial charge in [-0.3, -0.25) is 43.2 Å². The first kappa shape index (κ1) is 68.3. The summed E-state index contributed by atoms with van der Waals surface area (Å²) in [4.78, 5) is 125. The van der Waals surface area contributed by atoms with E-state index in [0.29, 0.717) is 12.0 Å². The number of ether oxygens (including phenoxy) is 3. The van der Waals surface area contributed by atoms with E-state index >= 15 is 0 Å². The van der Waals surface area contributed by atoms with Gasteiger partial charge in [0.15, 0.2) is 0 Å². The van der Waals surface area contributed by atoms with Crippen molar-refractivity contribution in [3.8, 4) is 0 Å². The molecule has 6 amide bonds. The van der Waals surface area contributed by atoms with Gasteiger partial charge in [0.2, 0.25) is 35.4 Å². The molecule has 0 bridgehead atoms. The summed E-state index contributed by atoms with van der Waals surface area (Å²) in [5.74, 6) is -7.70. The predicted molar refractivity (Wildman–Crippen MR) is 297 cm³/mol. The number of amides is 6. The van der Waals surface area contributed by atoms with Gasteiger partial charge in [-0.05, 0) is 139 Å². The molecule has 20 nitrogen and oxygen atoms in total. The summed E-state index contributed by atoms with van der Waals surface area (Å²) in [6.45, 7) is 37.1. The van der Waals surface area contributed by atoms with Crippen molar-refractivity contribution in [1.29, 1.82) is 0 Å². The molecule has 0 aromatic heterocycles. The molecule has 78 heavy (non-hydrogen) atoms. The van der Waals surface area contributed by atoms with E-state index in [2.05, 4.69) is 38.5 Å². The van der Waals surface area contributed by atoms with E-state index in [-0.39, 0.29) is 31.6 Å². The number of aryl methyl sites for hydroxylation is 1. The van der Waals surface area contributed by atoms with Crippen LogP contribution in [0.5, 0.6) is 0 Å². The lowest BCUT2D eigenvalue weighted by atomic mass is 9.76. The lowest BCUT2D eigenvalue weighted by molar-refractivity contribution is -0.158. The van der Waals surface area contributed by atoms with Crippen molar-refractivity contribution >= 4 is 60.5 Å². The monoisotopic (exact) mass is 1100 g/mol. The molecule has 1 saturated heterocycles. The van der Waals surface area contributed by atoms with Crippen LogP contribution < -0.4 is 31.9 Å². The highest BCUT2D eigenvalue weighted by Crippen LogP contribution is 2.38. The van der Waals surface area contributed by atoms with Gasteiger partial charge in [-0.25, -0.2) is 0 Å². The molecule has 21 heteroatoms. The first-order chi connectivity index (χ1) is 35.5. The topological polar surface area (TPSA) is 272 Å². The number of esters is 3. The maximum Gasteiger partial charge on any atom is 0.482 e. The summed E-state index contributed by atoms with van der Waals surface area (Å²) in [7, 11) is -0.818. The third-order valence-electron chi connectivity index (χ3n) is 12.5. The molecule has 1 aromatic carbocycles. The summed E-state index contributed by atoms with van der Waals surface area (Å²) in [5, 5.41) is 16.5. The Balaban J connectivity index is 2.61. The van der Waals surface area contributed by atoms with E-state index in [1.165, 1.54) is 0 Å². The Labute approximate surface area is 464 Å². The van der Waals surface area contributed by atoms with Gasteiger partial charge in [-0.15, -0.1) is 6.58 Å². The molecule has 2 rings (SSSR count). The highest BCUT2D eigenvalue weighted by molar-refractivity contribution is 6.48. The standard InChI is InChI=1S/C57H93BN6O14/c1-21-24-41(58-77-56(17,18)57(19,20)78-58)63-49(71)38(31-34(2)3)62-51(73)46(52(5,6)7)64-50(72)39(32-36-26-23-22-25-35(36)4)61-47(69)37(27-29-43(66)74-53(8,9)10)60-48(70)40(33-45(68)76-55(14,15)16)59-42(65)28-30-44(67)75-54(11,12)13/h21-23,25-26,34,37-41,46H,1,24,27-33H2,2-20H3,(H,59,65)(H,60,70)(H,61,69)(H,62,73)(H,63,71)(H,64,72)/t37-,38-,39-,40-,41?,46+/m0/s1. The zero-order chi connectivity index (χ0) is 59.9. The molecule has 6 atom stereocenters. The highest BCUT2D eigenvalue weighted by Gasteiger charge is 2.54. The van der Waals surface area contributed by atoms with Gasteiger partial charge in [-0.2, -0.15) is 0 Å². The van der Waals surface area contributed by atoms with E-state index in [1.54, 1.807) is 107 Å². The Bertz CT molecular complexity index is 2270. The summed E-state index contributed by atoms with van der Waals surface area (Å²) in [6.07, 6.45) is -0.156. The number of carbonyl (C=O) groups is 9. The molecule has 0 radical (unpaired) electrons. The molecule has 1 aliphatic heterocycles. The molecule has 1 aromatic rings. The fourth-order valence-electron chi connectivity index (χ4n) is 8.00. The van der Waals surface area contributed by atoms with Crippen molar-refractivity contribution in [3.05, 3.63) is 48.0 Å². The van der Waals surface area contributed by atoms with Gasteiger partial charge in [-0.1, -0.05) is 65.0 Å². The minimum atomic E-state index is -1.64. The van der Waals surface area contributed by atoms with E-state index in [0.717, 1.165) is 5.56 Å². The molecule has 438 valence electrons. The molecule has 1 aliphatic rings. The Hall–Kier alpha value is -5.83. The van der Waals surface area contributed by atoms with E-state index in [1.807, 2.05) is 54.5 Å². The van der Waals surface area contributed by atoms with E-state index in [9.17, 15) is 43.2 Å². The second kappa shape index (κ2) is 28.4. The Morgan fingerprint density at radius 3 is 1.55 bits per heavy atom. The van der Waals surface area contributed by atoms with Crippen molar-refractivity contribution in [2.24, 2.45) is 11.3 Å². The molecule has 0 saturated carbocycles. The van der Waals surface area contributed by atoms with Crippen LogP contribution in [-0.2, 0) is 73.1 Å². The van der Waals surface area contributed by atoms with Crippen molar-refractivity contribution in [1.82, 2.24) is 31.9 Å². The van der Waals surface area contributed by atoms with Crippen LogP contribution in [0.4, 0.5) is 0 Å². The summed E-state index contributed by atoms with van der Waals surface area (Å²) < 4.78 is 28.8. The second-order valence-corrected chi connectivity index (χ2v) is 25.6. The van der Waals surface area contributed by atoms with Crippen LogP contribution in [0.1, 0.15) is 181 Å². The lowest BCUT2D eigenvalue weighted by Crippen LogP contribution is -2.62. The molecular weight excluding hydrogens is 1000 g/mol. The van der Waals surface area contributed by atoms with Crippen molar-refractivity contribution in [2.45, 2.75) is 247 Å². The van der Waals surface area contributed by atoms with Gasteiger partial charge < -0.3 is 55.4 Å². The minimum absolute atomic E-state index is 0.0658. The molecule has 0 aliphatic carbocycles.